The number of hydrogen-bond acceptors (Lipinski definition) is 3. The monoisotopic (exact) mass is 419 g/mol. The maximum atomic E-state index is 8.66. The molecule has 1 aliphatic rings. The summed E-state index contributed by atoms with van der Waals surface area (Å²) < 4.78 is 0. The van der Waals surface area contributed by atoms with E-state index in [0.29, 0.717) is 11.8 Å². The van der Waals surface area contributed by atoms with Gasteiger partial charge in [0.15, 0.2) is 0 Å². The van der Waals surface area contributed by atoms with Crippen LogP contribution in [0.25, 0.3) is 0 Å². The fourth-order valence-corrected chi connectivity index (χ4v) is 4.59. The van der Waals surface area contributed by atoms with Crippen molar-refractivity contribution in [3.8, 4) is 0 Å². The Morgan fingerprint density at radius 1 is 0.935 bits per heavy atom. The van der Waals surface area contributed by atoms with Gasteiger partial charge >= 0.3 is 0 Å². The fourth-order valence-electron chi connectivity index (χ4n) is 4.59. The van der Waals surface area contributed by atoms with E-state index in [1.807, 2.05) is 6.92 Å². The quantitative estimate of drug-likeness (QED) is 0.151. The van der Waals surface area contributed by atoms with Crippen molar-refractivity contribution < 1.29 is 5.21 Å². The van der Waals surface area contributed by atoms with Crippen LogP contribution in [0.2, 0.25) is 0 Å². The molecular formula is C27H37N3O. The molecule has 1 N–H and O–H groups in total. The number of rotatable bonds is 11. The molecule has 1 fully saturated rings. The third-order valence-electron chi connectivity index (χ3n) is 6.35. The van der Waals surface area contributed by atoms with Crippen LogP contribution < -0.4 is 0 Å². The Hall–Kier alpha value is -2.62. The normalized spacial score (nSPS) is 15.8. The number of hydrogen-bond donors (Lipinski definition) is 1. The Morgan fingerprint density at radius 2 is 1.52 bits per heavy atom. The number of piperidine rings is 1. The average Bonchev–Trinajstić information content (AvgIpc) is 2.83. The lowest BCUT2D eigenvalue weighted by Crippen LogP contribution is -2.35. The smallest absolute Gasteiger partial charge is 0.0849 e. The number of benzene rings is 2. The van der Waals surface area contributed by atoms with Gasteiger partial charge in [0.25, 0.3) is 0 Å². The summed E-state index contributed by atoms with van der Waals surface area (Å²) in [7, 11) is 0. The molecule has 2 aromatic rings. The van der Waals surface area contributed by atoms with Gasteiger partial charge in [-0.25, -0.2) is 0 Å². The van der Waals surface area contributed by atoms with E-state index >= 15 is 0 Å². The van der Waals surface area contributed by atoms with Crippen LogP contribution in [0.1, 0.15) is 68.9 Å². The Balaban J connectivity index is 1.43. The molecule has 4 nitrogen and oxygen atoms in total. The molecule has 1 saturated heterocycles. The fraction of sp³-hybridized carbons (Fsp3) is 0.481. The van der Waals surface area contributed by atoms with Crippen molar-refractivity contribution >= 4 is 12.1 Å². The molecule has 0 unspecified atom stereocenters. The highest BCUT2D eigenvalue weighted by Gasteiger charge is 2.28. The largest absolute Gasteiger partial charge is 0.411 e. The minimum absolute atomic E-state index is 0.473. The summed E-state index contributed by atoms with van der Waals surface area (Å²) in [4.78, 5) is 7.06. The van der Waals surface area contributed by atoms with Gasteiger partial charge in [-0.2, -0.15) is 0 Å². The van der Waals surface area contributed by atoms with Crippen LogP contribution in [-0.2, 0) is 0 Å². The van der Waals surface area contributed by atoms with Crippen molar-refractivity contribution in [2.45, 2.75) is 57.8 Å². The molecule has 3 rings (SSSR count). The molecule has 0 bridgehead atoms. The van der Waals surface area contributed by atoms with Crippen LogP contribution >= 0.6 is 0 Å². The van der Waals surface area contributed by atoms with E-state index in [1.165, 1.54) is 36.8 Å². The Kier molecular flexibility index (Phi) is 9.62. The standard InChI is InChI=1S/C27H37N3O/c1-23(29-31)12-6-2-3-11-19-28-22-30-20-17-26(18-21-30)27(24-13-7-4-8-14-24)25-15-9-5-10-16-25/h4-5,7-10,13-16,22,26-27,31H,2-3,6,11-12,17-21H2,1H3/b28-22+,29-23-. The first-order chi connectivity index (χ1) is 15.3. The summed E-state index contributed by atoms with van der Waals surface area (Å²) in [6, 6.07) is 22.0. The van der Waals surface area contributed by atoms with Gasteiger partial charge in [0.2, 0.25) is 0 Å². The lowest BCUT2D eigenvalue weighted by molar-refractivity contribution is 0.254. The molecule has 2 aromatic carbocycles. The number of nitrogens with zero attached hydrogens (tertiary/aromatic N) is 3. The van der Waals surface area contributed by atoms with Crippen LogP contribution in [0.5, 0.6) is 0 Å². The summed E-state index contributed by atoms with van der Waals surface area (Å²) in [5, 5.41) is 11.9. The molecule has 0 spiro atoms. The van der Waals surface area contributed by atoms with Gasteiger partial charge in [0.1, 0.15) is 0 Å². The van der Waals surface area contributed by atoms with E-state index < -0.39 is 0 Å². The Morgan fingerprint density at radius 3 is 2.10 bits per heavy atom. The average molecular weight is 420 g/mol. The van der Waals surface area contributed by atoms with E-state index in [-0.39, 0.29) is 0 Å². The second-order valence-electron chi connectivity index (χ2n) is 8.69. The third kappa shape index (κ3) is 7.54. The highest BCUT2D eigenvalue weighted by atomic mass is 16.4. The van der Waals surface area contributed by atoms with Gasteiger partial charge in [0.05, 0.1) is 12.1 Å². The van der Waals surface area contributed by atoms with Crippen molar-refractivity contribution in [3.63, 3.8) is 0 Å². The van der Waals surface area contributed by atoms with Gasteiger partial charge in [-0.15, -0.1) is 0 Å². The highest BCUT2D eigenvalue weighted by Crippen LogP contribution is 2.37. The second-order valence-corrected chi connectivity index (χ2v) is 8.69. The molecule has 166 valence electrons. The molecule has 31 heavy (non-hydrogen) atoms. The lowest BCUT2D eigenvalue weighted by Gasteiger charge is -2.36. The first-order valence-corrected chi connectivity index (χ1v) is 11.8. The predicted octanol–water partition coefficient (Wildman–Crippen LogP) is 6.36. The van der Waals surface area contributed by atoms with Gasteiger partial charge in [-0.1, -0.05) is 78.7 Å². The van der Waals surface area contributed by atoms with E-state index in [1.54, 1.807) is 0 Å². The number of likely N-dealkylation sites (tertiary alicyclic amines) is 1. The zero-order chi connectivity index (χ0) is 21.7. The maximum absolute atomic E-state index is 8.66. The zero-order valence-corrected chi connectivity index (χ0v) is 18.9. The maximum Gasteiger partial charge on any atom is 0.0849 e. The summed E-state index contributed by atoms with van der Waals surface area (Å²) in [5.74, 6) is 1.14. The molecule has 0 aromatic heterocycles. The summed E-state index contributed by atoms with van der Waals surface area (Å²) in [5.41, 5.74) is 3.69. The topological polar surface area (TPSA) is 48.2 Å². The minimum atomic E-state index is 0.473. The van der Waals surface area contributed by atoms with Gasteiger partial charge in [0, 0.05) is 25.6 Å². The molecule has 0 radical (unpaired) electrons. The summed E-state index contributed by atoms with van der Waals surface area (Å²) in [6.45, 7) is 4.95. The number of oxime groups is 1. The van der Waals surface area contributed by atoms with Crippen LogP contribution in [0.3, 0.4) is 0 Å². The first-order valence-electron chi connectivity index (χ1n) is 11.8. The van der Waals surface area contributed by atoms with Crippen LogP contribution in [0, 0.1) is 5.92 Å². The SMILES string of the molecule is C/C(CCCCCC/N=C/N1CCC(C(c2ccccc2)c2ccccc2)CC1)=N/O. The molecule has 0 saturated carbocycles. The Labute approximate surface area is 187 Å². The van der Waals surface area contributed by atoms with Crippen LogP contribution in [0.15, 0.2) is 70.8 Å². The van der Waals surface area contributed by atoms with Gasteiger partial charge < -0.3 is 10.1 Å². The second kappa shape index (κ2) is 12.9. The first kappa shape index (κ1) is 23.1. The van der Waals surface area contributed by atoms with E-state index in [4.69, 9.17) is 5.21 Å². The molecule has 1 aliphatic heterocycles. The number of aliphatic imine (C=N–C) groups is 1. The lowest BCUT2D eigenvalue weighted by atomic mass is 9.76. The molecular weight excluding hydrogens is 382 g/mol. The third-order valence-corrected chi connectivity index (χ3v) is 6.35. The molecule has 1 heterocycles. The van der Waals surface area contributed by atoms with Crippen LogP contribution in [-0.4, -0.2) is 41.8 Å². The molecule has 0 aliphatic carbocycles. The molecule has 4 heteroatoms. The van der Waals surface area contributed by atoms with Crippen molar-refractivity contribution in [2.24, 2.45) is 16.1 Å². The predicted molar refractivity (Wildman–Crippen MR) is 130 cm³/mol. The minimum Gasteiger partial charge on any atom is -0.411 e. The molecule has 0 amide bonds. The van der Waals surface area contributed by atoms with Gasteiger partial charge in [-0.05, 0) is 56.1 Å². The Bertz CT molecular complexity index is 756. The highest BCUT2D eigenvalue weighted by molar-refractivity contribution is 5.81. The van der Waals surface area contributed by atoms with Crippen molar-refractivity contribution in [1.82, 2.24) is 4.90 Å². The van der Waals surface area contributed by atoms with Gasteiger partial charge in [-0.3, -0.25) is 4.99 Å². The molecule has 0 atom stereocenters. The van der Waals surface area contributed by atoms with Crippen molar-refractivity contribution in [3.05, 3.63) is 71.8 Å². The van der Waals surface area contributed by atoms with E-state index in [0.717, 1.165) is 44.6 Å². The van der Waals surface area contributed by atoms with Crippen molar-refractivity contribution in [2.75, 3.05) is 19.6 Å². The van der Waals surface area contributed by atoms with Crippen molar-refractivity contribution in [1.29, 1.82) is 0 Å². The summed E-state index contributed by atoms with van der Waals surface area (Å²) in [6.07, 6.45) is 9.96. The van der Waals surface area contributed by atoms with E-state index in [2.05, 4.69) is 82.1 Å². The number of unbranched alkanes of at least 4 members (excludes halogenated alkanes) is 3. The van der Waals surface area contributed by atoms with E-state index in [9.17, 15) is 0 Å². The summed E-state index contributed by atoms with van der Waals surface area (Å²) >= 11 is 0. The zero-order valence-electron chi connectivity index (χ0n) is 18.9. The van der Waals surface area contributed by atoms with Crippen LogP contribution in [0.4, 0.5) is 0 Å².